The largest absolute Gasteiger partial charge is 0.573 e. The summed E-state index contributed by atoms with van der Waals surface area (Å²) >= 11 is 5.77. The molecule has 0 saturated heterocycles. The molecule has 9 heteroatoms. The Hall–Kier alpha value is -2.58. The smallest absolute Gasteiger partial charge is 0.406 e. The molecule has 3 aromatic rings. The Balaban J connectivity index is 2.02. The molecule has 0 bridgehead atoms. The summed E-state index contributed by atoms with van der Waals surface area (Å²) in [5.41, 5.74) is 1.17. The van der Waals surface area contributed by atoms with Gasteiger partial charge < -0.3 is 9.84 Å². The van der Waals surface area contributed by atoms with Crippen molar-refractivity contribution in [2.75, 3.05) is 6.61 Å². The fourth-order valence-corrected chi connectivity index (χ4v) is 2.99. The van der Waals surface area contributed by atoms with Crippen molar-refractivity contribution in [2.45, 2.75) is 25.7 Å². The number of fused-ring (bicyclic) bond motifs is 1. The highest BCUT2D eigenvalue weighted by molar-refractivity contribution is 6.30. The minimum atomic E-state index is -4.83. The van der Waals surface area contributed by atoms with Gasteiger partial charge in [0.15, 0.2) is 0 Å². The van der Waals surface area contributed by atoms with E-state index in [1.165, 1.54) is 35.0 Å². The van der Waals surface area contributed by atoms with E-state index in [9.17, 15) is 17.6 Å². The number of rotatable bonds is 7. The zero-order chi connectivity index (χ0) is 21.0. The van der Waals surface area contributed by atoms with Crippen molar-refractivity contribution in [1.29, 1.82) is 0 Å². The molecule has 0 aliphatic rings. The van der Waals surface area contributed by atoms with E-state index in [1.807, 2.05) is 6.08 Å². The van der Waals surface area contributed by atoms with Crippen molar-refractivity contribution >= 4 is 28.6 Å². The number of aromatic nitrogens is 2. The van der Waals surface area contributed by atoms with Gasteiger partial charge in [0.2, 0.25) is 0 Å². The third kappa shape index (κ3) is 5.48. The van der Waals surface area contributed by atoms with E-state index < -0.39 is 17.9 Å². The maximum Gasteiger partial charge on any atom is 0.573 e. The molecule has 1 N–H and O–H groups in total. The van der Waals surface area contributed by atoms with Gasteiger partial charge in [-0.2, -0.15) is 5.10 Å². The fourth-order valence-electron chi connectivity index (χ4n) is 2.84. The number of unbranched alkanes of at least 4 members (excludes halogenated alkanes) is 1. The number of alkyl halides is 3. The number of ether oxygens (including phenoxy) is 1. The fraction of sp³-hybridized carbons (Fsp3) is 0.250. The number of aliphatic hydroxyl groups excluding tert-OH is 1. The molecule has 2 aromatic carbocycles. The van der Waals surface area contributed by atoms with Crippen LogP contribution in [0.3, 0.4) is 0 Å². The van der Waals surface area contributed by atoms with Gasteiger partial charge in [-0.1, -0.05) is 23.7 Å². The Kier molecular flexibility index (Phi) is 6.44. The summed E-state index contributed by atoms with van der Waals surface area (Å²) < 4.78 is 57.4. The Labute approximate surface area is 169 Å². The van der Waals surface area contributed by atoms with Gasteiger partial charge in [0.05, 0.1) is 17.8 Å². The standard InChI is InChI=1S/C20H17ClF4N2O2/c21-14-6-5-13(17(22)10-14)12-27-19-11-15(29-20(23,24)25)7-8-16(19)18(26-27)4-2-1-3-9-28/h2,4-8,10-11,28H,1,3,9,12H2/b4-2+. The summed E-state index contributed by atoms with van der Waals surface area (Å²) in [6.07, 6.45) is -0.100. The lowest BCUT2D eigenvalue weighted by molar-refractivity contribution is -0.274. The van der Waals surface area contributed by atoms with Crippen LogP contribution in [0.15, 0.2) is 42.5 Å². The summed E-state index contributed by atoms with van der Waals surface area (Å²) in [4.78, 5) is 0. The van der Waals surface area contributed by atoms with Gasteiger partial charge in [-0.15, -0.1) is 13.2 Å². The Morgan fingerprint density at radius 3 is 2.66 bits per heavy atom. The molecule has 0 amide bonds. The van der Waals surface area contributed by atoms with Gasteiger partial charge in [0, 0.05) is 28.6 Å². The van der Waals surface area contributed by atoms with Crippen LogP contribution in [-0.4, -0.2) is 27.9 Å². The molecule has 0 unspecified atom stereocenters. The molecule has 0 fully saturated rings. The molecule has 0 radical (unpaired) electrons. The number of aliphatic hydroxyl groups is 1. The van der Waals surface area contributed by atoms with E-state index >= 15 is 0 Å². The number of halogens is 5. The van der Waals surface area contributed by atoms with E-state index in [0.717, 1.165) is 6.07 Å². The van der Waals surface area contributed by atoms with Crippen LogP contribution in [-0.2, 0) is 6.54 Å². The minimum absolute atomic E-state index is 0.000542. The van der Waals surface area contributed by atoms with Gasteiger partial charge in [-0.3, -0.25) is 4.68 Å². The highest BCUT2D eigenvalue weighted by Crippen LogP contribution is 2.29. The predicted molar refractivity (Wildman–Crippen MR) is 102 cm³/mol. The van der Waals surface area contributed by atoms with Crippen LogP contribution in [0.5, 0.6) is 5.75 Å². The summed E-state index contributed by atoms with van der Waals surface area (Å²) in [5.74, 6) is -0.928. The second-order valence-corrected chi connectivity index (χ2v) is 6.71. The second-order valence-electron chi connectivity index (χ2n) is 6.27. The van der Waals surface area contributed by atoms with Gasteiger partial charge in [0.1, 0.15) is 11.6 Å². The first-order chi connectivity index (χ1) is 13.8. The van der Waals surface area contributed by atoms with Crippen LogP contribution in [0, 0.1) is 5.82 Å². The second kappa shape index (κ2) is 8.84. The molecule has 154 valence electrons. The van der Waals surface area contributed by atoms with E-state index in [2.05, 4.69) is 9.84 Å². The van der Waals surface area contributed by atoms with Crippen molar-refractivity contribution in [1.82, 2.24) is 9.78 Å². The van der Waals surface area contributed by atoms with E-state index in [4.69, 9.17) is 16.7 Å². The predicted octanol–water partition coefficient (Wildman–Crippen LogP) is 5.56. The van der Waals surface area contributed by atoms with Crippen LogP contribution in [0.25, 0.3) is 17.0 Å². The molecule has 29 heavy (non-hydrogen) atoms. The molecule has 0 aliphatic carbocycles. The average Bonchev–Trinajstić information content (AvgIpc) is 2.97. The van der Waals surface area contributed by atoms with Crippen molar-refractivity contribution in [2.24, 2.45) is 0 Å². The molecule has 0 spiro atoms. The van der Waals surface area contributed by atoms with Crippen LogP contribution in [0.1, 0.15) is 24.1 Å². The van der Waals surface area contributed by atoms with Crippen molar-refractivity contribution in [3.8, 4) is 5.75 Å². The van der Waals surface area contributed by atoms with Crippen molar-refractivity contribution in [3.63, 3.8) is 0 Å². The molecular weight excluding hydrogens is 412 g/mol. The zero-order valence-electron chi connectivity index (χ0n) is 15.1. The van der Waals surface area contributed by atoms with E-state index in [0.29, 0.717) is 29.4 Å². The number of allylic oxidation sites excluding steroid dienone is 1. The first-order valence-corrected chi connectivity index (χ1v) is 9.12. The van der Waals surface area contributed by atoms with Crippen molar-refractivity contribution in [3.05, 3.63) is 64.6 Å². The third-order valence-electron chi connectivity index (χ3n) is 4.13. The zero-order valence-corrected chi connectivity index (χ0v) is 15.8. The normalized spacial score (nSPS) is 12.2. The number of hydrogen-bond donors (Lipinski definition) is 1. The quantitative estimate of drug-likeness (QED) is 0.396. The highest BCUT2D eigenvalue weighted by Gasteiger charge is 2.31. The summed E-state index contributed by atoms with van der Waals surface area (Å²) in [7, 11) is 0. The first-order valence-electron chi connectivity index (χ1n) is 8.74. The maximum absolute atomic E-state index is 14.2. The highest BCUT2D eigenvalue weighted by atomic mass is 35.5. The Bertz CT molecular complexity index is 1030. The SMILES string of the molecule is OCCC/C=C/c1nn(Cc2ccc(Cl)cc2F)c2cc(OC(F)(F)F)ccc12. The summed E-state index contributed by atoms with van der Waals surface area (Å²) in [5, 5.41) is 14.1. The molecular formula is C20H17ClF4N2O2. The lowest BCUT2D eigenvalue weighted by atomic mass is 10.1. The average molecular weight is 429 g/mol. The molecule has 0 aliphatic heterocycles. The van der Waals surface area contributed by atoms with E-state index in [1.54, 1.807) is 6.08 Å². The molecule has 0 saturated carbocycles. The Morgan fingerprint density at radius 2 is 1.97 bits per heavy atom. The lowest BCUT2D eigenvalue weighted by Crippen LogP contribution is -2.17. The third-order valence-corrected chi connectivity index (χ3v) is 4.36. The van der Waals surface area contributed by atoms with Gasteiger partial charge in [-0.25, -0.2) is 4.39 Å². The molecule has 0 atom stereocenters. The van der Waals surface area contributed by atoms with Gasteiger partial charge >= 0.3 is 6.36 Å². The van der Waals surface area contributed by atoms with Gasteiger partial charge in [0.25, 0.3) is 0 Å². The first kappa shape index (κ1) is 21.1. The van der Waals surface area contributed by atoms with Gasteiger partial charge in [-0.05, 0) is 43.2 Å². The number of nitrogens with zero attached hydrogens (tertiary/aromatic N) is 2. The monoisotopic (exact) mass is 428 g/mol. The maximum atomic E-state index is 14.2. The summed E-state index contributed by atoms with van der Waals surface area (Å²) in [6, 6.07) is 8.09. The number of benzene rings is 2. The van der Waals surface area contributed by atoms with Crippen LogP contribution in [0.4, 0.5) is 17.6 Å². The van der Waals surface area contributed by atoms with Crippen LogP contribution >= 0.6 is 11.6 Å². The topological polar surface area (TPSA) is 47.3 Å². The van der Waals surface area contributed by atoms with Crippen molar-refractivity contribution < 1.29 is 27.4 Å². The number of hydrogen-bond acceptors (Lipinski definition) is 3. The van der Waals surface area contributed by atoms with Crippen LogP contribution < -0.4 is 4.74 Å². The lowest BCUT2D eigenvalue weighted by Gasteiger charge is -2.10. The van der Waals surface area contributed by atoms with Crippen LogP contribution in [0.2, 0.25) is 5.02 Å². The molecule has 1 aromatic heterocycles. The molecule has 3 rings (SSSR count). The molecule has 4 nitrogen and oxygen atoms in total. The Morgan fingerprint density at radius 1 is 1.17 bits per heavy atom. The summed E-state index contributed by atoms with van der Waals surface area (Å²) in [6.45, 7) is 0.0486. The minimum Gasteiger partial charge on any atom is -0.406 e. The molecule has 1 heterocycles. The van der Waals surface area contributed by atoms with E-state index in [-0.39, 0.29) is 23.7 Å².